The highest BCUT2D eigenvalue weighted by molar-refractivity contribution is 7.99. The summed E-state index contributed by atoms with van der Waals surface area (Å²) in [6, 6.07) is 6.06. The van der Waals surface area contributed by atoms with Gasteiger partial charge in [0.15, 0.2) is 0 Å². The molecule has 0 bridgehead atoms. The first kappa shape index (κ1) is 17.7. The second-order valence-electron chi connectivity index (χ2n) is 3.95. The lowest BCUT2D eigenvalue weighted by atomic mass is 10.1. The largest absolute Gasteiger partial charge is 0.462 e. The van der Waals surface area contributed by atoms with Gasteiger partial charge in [0.05, 0.1) is 23.0 Å². The van der Waals surface area contributed by atoms with Gasteiger partial charge in [0, 0.05) is 11.8 Å². The molecule has 0 aliphatic rings. The SMILES string of the molecule is CCOC(=O)/C(C#N)=C/c1ccc(SCCO)c([N+](=O)[O-])c1. The van der Waals surface area contributed by atoms with E-state index in [-0.39, 0.29) is 24.5 Å². The van der Waals surface area contributed by atoms with Crippen LogP contribution in [0.3, 0.4) is 0 Å². The van der Waals surface area contributed by atoms with Gasteiger partial charge in [-0.25, -0.2) is 4.79 Å². The van der Waals surface area contributed by atoms with Crippen molar-refractivity contribution in [3.63, 3.8) is 0 Å². The van der Waals surface area contributed by atoms with Crippen LogP contribution in [0.1, 0.15) is 12.5 Å². The Bertz CT molecular complexity index is 637. The number of rotatable bonds is 7. The van der Waals surface area contributed by atoms with Crippen LogP contribution < -0.4 is 0 Å². The Hall–Kier alpha value is -2.37. The van der Waals surface area contributed by atoms with Gasteiger partial charge in [0.1, 0.15) is 11.6 Å². The van der Waals surface area contributed by atoms with Crippen LogP contribution in [0.4, 0.5) is 5.69 Å². The Kier molecular flexibility index (Phi) is 7.08. The maximum Gasteiger partial charge on any atom is 0.348 e. The fourth-order valence-electron chi connectivity index (χ4n) is 1.56. The number of nitro groups is 1. The van der Waals surface area contributed by atoms with E-state index in [9.17, 15) is 14.9 Å². The average molecular weight is 322 g/mol. The summed E-state index contributed by atoms with van der Waals surface area (Å²) in [6.07, 6.45) is 1.24. The fraction of sp³-hybridized carbons (Fsp3) is 0.286. The number of aliphatic hydroxyl groups is 1. The molecule has 0 aromatic heterocycles. The third-order valence-electron chi connectivity index (χ3n) is 2.46. The van der Waals surface area contributed by atoms with E-state index in [1.807, 2.05) is 0 Å². The zero-order valence-corrected chi connectivity index (χ0v) is 12.6. The molecule has 0 saturated carbocycles. The number of hydrogen-bond donors (Lipinski definition) is 1. The van der Waals surface area contributed by atoms with Crippen molar-refractivity contribution in [2.45, 2.75) is 11.8 Å². The van der Waals surface area contributed by atoms with E-state index in [0.29, 0.717) is 16.2 Å². The van der Waals surface area contributed by atoms with E-state index in [0.717, 1.165) is 11.8 Å². The van der Waals surface area contributed by atoms with Crippen LogP contribution in [0.5, 0.6) is 0 Å². The lowest BCUT2D eigenvalue weighted by Gasteiger charge is -2.04. The number of thioether (sulfide) groups is 1. The van der Waals surface area contributed by atoms with Crippen molar-refractivity contribution in [1.29, 1.82) is 5.26 Å². The smallest absolute Gasteiger partial charge is 0.348 e. The molecule has 0 unspecified atom stereocenters. The van der Waals surface area contributed by atoms with Gasteiger partial charge in [-0.3, -0.25) is 10.1 Å². The summed E-state index contributed by atoms with van der Waals surface area (Å²) in [5.41, 5.74) is -0.0232. The molecule has 0 radical (unpaired) electrons. The van der Waals surface area contributed by atoms with Crippen LogP contribution >= 0.6 is 11.8 Å². The second kappa shape index (κ2) is 8.81. The Morgan fingerprint density at radius 3 is 2.86 bits per heavy atom. The van der Waals surface area contributed by atoms with Gasteiger partial charge in [0.25, 0.3) is 5.69 Å². The molecule has 116 valence electrons. The van der Waals surface area contributed by atoms with Gasteiger partial charge in [-0.1, -0.05) is 6.07 Å². The normalized spacial score (nSPS) is 10.9. The van der Waals surface area contributed by atoms with Crippen molar-refractivity contribution in [2.24, 2.45) is 0 Å². The minimum absolute atomic E-state index is 0.0923. The predicted molar refractivity (Wildman–Crippen MR) is 81.1 cm³/mol. The number of hydrogen-bond acceptors (Lipinski definition) is 7. The van der Waals surface area contributed by atoms with E-state index < -0.39 is 10.9 Å². The van der Waals surface area contributed by atoms with Crippen LogP contribution in [0, 0.1) is 21.4 Å². The summed E-state index contributed by atoms with van der Waals surface area (Å²) >= 11 is 1.15. The first-order valence-electron chi connectivity index (χ1n) is 6.34. The number of esters is 1. The predicted octanol–water partition coefficient (Wildman–Crippen LogP) is 2.15. The van der Waals surface area contributed by atoms with Crippen molar-refractivity contribution < 1.29 is 19.6 Å². The van der Waals surface area contributed by atoms with Crippen LogP contribution in [-0.4, -0.2) is 35.0 Å². The molecule has 0 atom stereocenters. The Morgan fingerprint density at radius 2 is 2.32 bits per heavy atom. The number of carbonyl (C=O) groups is 1. The third kappa shape index (κ3) is 4.87. The molecule has 7 nitrogen and oxygen atoms in total. The van der Waals surface area contributed by atoms with E-state index in [1.54, 1.807) is 19.1 Å². The maximum atomic E-state index is 11.5. The fourth-order valence-corrected chi connectivity index (χ4v) is 2.31. The molecule has 0 aliphatic heterocycles. The van der Waals surface area contributed by atoms with Crippen molar-refractivity contribution in [3.8, 4) is 6.07 Å². The monoisotopic (exact) mass is 322 g/mol. The summed E-state index contributed by atoms with van der Waals surface area (Å²) in [5, 5.41) is 28.8. The van der Waals surface area contributed by atoms with Gasteiger partial charge >= 0.3 is 5.97 Å². The summed E-state index contributed by atoms with van der Waals surface area (Å²) in [6.45, 7) is 1.66. The Labute approximate surface area is 131 Å². The number of ether oxygens (including phenoxy) is 1. The molecular weight excluding hydrogens is 308 g/mol. The number of carbonyl (C=O) groups excluding carboxylic acids is 1. The molecule has 1 rings (SSSR count). The Balaban J connectivity index is 3.16. The zero-order chi connectivity index (χ0) is 16.5. The van der Waals surface area contributed by atoms with Gasteiger partial charge in [-0.15, -0.1) is 11.8 Å². The highest BCUT2D eigenvalue weighted by Crippen LogP contribution is 2.30. The first-order chi connectivity index (χ1) is 10.5. The topological polar surface area (TPSA) is 113 Å². The van der Waals surface area contributed by atoms with E-state index in [2.05, 4.69) is 0 Å². The lowest BCUT2D eigenvalue weighted by molar-refractivity contribution is -0.387. The number of benzene rings is 1. The number of nitro benzene ring substituents is 1. The van der Waals surface area contributed by atoms with Gasteiger partial charge in [-0.05, 0) is 24.6 Å². The number of nitriles is 1. The van der Waals surface area contributed by atoms with Gasteiger partial charge < -0.3 is 9.84 Å². The molecule has 0 aliphatic carbocycles. The van der Waals surface area contributed by atoms with Crippen LogP contribution in [0.25, 0.3) is 6.08 Å². The molecule has 1 N–H and O–H groups in total. The molecular formula is C14H14N2O5S. The summed E-state index contributed by atoms with van der Waals surface area (Å²) in [4.78, 5) is 22.5. The molecule has 22 heavy (non-hydrogen) atoms. The Morgan fingerprint density at radius 1 is 1.59 bits per heavy atom. The van der Waals surface area contributed by atoms with Crippen LogP contribution in [-0.2, 0) is 9.53 Å². The zero-order valence-electron chi connectivity index (χ0n) is 11.8. The number of aliphatic hydroxyl groups excluding tert-OH is 1. The van der Waals surface area contributed by atoms with Gasteiger partial charge in [-0.2, -0.15) is 5.26 Å². The molecule has 0 spiro atoms. The minimum Gasteiger partial charge on any atom is -0.462 e. The van der Waals surface area contributed by atoms with Crippen molar-refractivity contribution in [3.05, 3.63) is 39.4 Å². The van der Waals surface area contributed by atoms with Crippen LogP contribution in [0.15, 0.2) is 28.7 Å². The highest BCUT2D eigenvalue weighted by atomic mass is 32.2. The minimum atomic E-state index is -0.772. The van der Waals surface area contributed by atoms with Crippen molar-refractivity contribution in [2.75, 3.05) is 19.0 Å². The molecule has 0 fully saturated rings. The molecule has 1 aromatic rings. The lowest BCUT2D eigenvalue weighted by Crippen LogP contribution is -2.06. The molecule has 0 saturated heterocycles. The van der Waals surface area contributed by atoms with Crippen molar-refractivity contribution >= 4 is 29.5 Å². The van der Waals surface area contributed by atoms with E-state index in [4.69, 9.17) is 15.1 Å². The summed E-state index contributed by atoms with van der Waals surface area (Å²) < 4.78 is 4.73. The number of nitrogens with zero attached hydrogens (tertiary/aromatic N) is 2. The van der Waals surface area contributed by atoms with Crippen LogP contribution in [0.2, 0.25) is 0 Å². The van der Waals surface area contributed by atoms with Gasteiger partial charge in [0.2, 0.25) is 0 Å². The maximum absolute atomic E-state index is 11.5. The standard InChI is InChI=1S/C14H14N2O5S/c1-2-21-14(18)11(9-15)7-10-3-4-13(22-6-5-17)12(8-10)16(19)20/h3-4,7-8,17H,2,5-6H2,1H3/b11-7+. The first-order valence-corrected chi connectivity index (χ1v) is 7.33. The molecule has 0 amide bonds. The third-order valence-corrected chi connectivity index (χ3v) is 3.50. The molecule has 8 heteroatoms. The summed E-state index contributed by atoms with van der Waals surface area (Å²) in [5.74, 6) is -0.436. The van der Waals surface area contributed by atoms with E-state index in [1.165, 1.54) is 18.2 Å². The highest BCUT2D eigenvalue weighted by Gasteiger charge is 2.16. The molecule has 0 heterocycles. The summed E-state index contributed by atoms with van der Waals surface area (Å²) in [7, 11) is 0. The second-order valence-corrected chi connectivity index (χ2v) is 5.08. The average Bonchev–Trinajstić information content (AvgIpc) is 2.51. The van der Waals surface area contributed by atoms with Crippen molar-refractivity contribution in [1.82, 2.24) is 0 Å². The quantitative estimate of drug-likeness (QED) is 0.204. The van der Waals surface area contributed by atoms with E-state index >= 15 is 0 Å². The molecule has 1 aromatic carbocycles.